The second kappa shape index (κ2) is 9.49. The van der Waals surface area contributed by atoms with Gasteiger partial charge in [0.15, 0.2) is 5.16 Å². The molecule has 4 aromatic rings. The van der Waals surface area contributed by atoms with E-state index >= 15 is 0 Å². The smallest absolute Gasteiger partial charge is 0.266 e. The molecule has 0 N–H and O–H groups in total. The molecule has 1 amide bonds. The van der Waals surface area contributed by atoms with E-state index in [4.69, 9.17) is 0 Å². The van der Waals surface area contributed by atoms with Crippen molar-refractivity contribution >= 4 is 44.5 Å². The van der Waals surface area contributed by atoms with Gasteiger partial charge in [-0.2, -0.15) is 0 Å². The second-order valence-corrected chi connectivity index (χ2v) is 8.91. The van der Waals surface area contributed by atoms with Crippen molar-refractivity contribution in [1.29, 1.82) is 0 Å². The molecular weight excluding hydrogens is 474 g/mol. The van der Waals surface area contributed by atoms with Crippen LogP contribution in [0.15, 0.2) is 93.3 Å². The van der Waals surface area contributed by atoms with Gasteiger partial charge in [-0.3, -0.25) is 14.2 Å². The number of aromatic nitrogens is 2. The lowest BCUT2D eigenvalue weighted by Crippen LogP contribution is -2.28. The van der Waals surface area contributed by atoms with Crippen LogP contribution in [0.25, 0.3) is 16.6 Å². The Morgan fingerprint density at radius 1 is 1.00 bits per heavy atom. The van der Waals surface area contributed by atoms with E-state index in [1.165, 1.54) is 11.8 Å². The van der Waals surface area contributed by atoms with Crippen molar-refractivity contribution < 1.29 is 4.79 Å². The molecular formula is C24H20BrN3O2S. The van der Waals surface area contributed by atoms with Crippen LogP contribution in [0.5, 0.6) is 0 Å². The van der Waals surface area contributed by atoms with Crippen LogP contribution in [0.1, 0.15) is 5.56 Å². The fraction of sp³-hybridized carbons (Fsp3) is 0.125. The van der Waals surface area contributed by atoms with E-state index in [0.717, 1.165) is 15.7 Å². The Hall–Kier alpha value is -2.90. The van der Waals surface area contributed by atoms with E-state index in [2.05, 4.69) is 20.9 Å². The average molecular weight is 494 g/mol. The van der Waals surface area contributed by atoms with Crippen LogP contribution < -0.4 is 5.56 Å². The molecule has 0 bridgehead atoms. The lowest BCUT2D eigenvalue weighted by atomic mass is 10.2. The molecule has 5 nitrogen and oxygen atoms in total. The van der Waals surface area contributed by atoms with E-state index < -0.39 is 0 Å². The number of para-hydroxylation sites is 2. The van der Waals surface area contributed by atoms with E-state index in [-0.39, 0.29) is 17.2 Å². The molecule has 1 heterocycles. The first kappa shape index (κ1) is 21.3. The van der Waals surface area contributed by atoms with Crippen LogP contribution >= 0.6 is 27.7 Å². The van der Waals surface area contributed by atoms with Gasteiger partial charge in [-0.15, -0.1) is 0 Å². The molecule has 4 rings (SSSR count). The van der Waals surface area contributed by atoms with E-state index in [9.17, 15) is 9.59 Å². The summed E-state index contributed by atoms with van der Waals surface area (Å²) >= 11 is 4.70. The zero-order chi connectivity index (χ0) is 21.8. The van der Waals surface area contributed by atoms with Crippen molar-refractivity contribution in [3.05, 3.63) is 99.3 Å². The Balaban J connectivity index is 1.59. The lowest BCUT2D eigenvalue weighted by molar-refractivity contribution is -0.127. The highest BCUT2D eigenvalue weighted by atomic mass is 79.9. The minimum absolute atomic E-state index is 0.0325. The zero-order valence-corrected chi connectivity index (χ0v) is 19.3. The third-order valence-electron chi connectivity index (χ3n) is 4.84. The van der Waals surface area contributed by atoms with Crippen LogP contribution in [0, 0.1) is 0 Å². The van der Waals surface area contributed by atoms with E-state index in [1.54, 1.807) is 22.6 Å². The highest BCUT2D eigenvalue weighted by Gasteiger charge is 2.16. The monoisotopic (exact) mass is 493 g/mol. The predicted octanol–water partition coefficient (Wildman–Crippen LogP) is 4.90. The second-order valence-electron chi connectivity index (χ2n) is 7.05. The number of carbonyl (C=O) groups excluding carboxylic acids is 1. The van der Waals surface area contributed by atoms with Gasteiger partial charge >= 0.3 is 0 Å². The normalized spacial score (nSPS) is 10.9. The molecule has 0 unspecified atom stereocenters. The molecule has 0 atom stereocenters. The first-order valence-corrected chi connectivity index (χ1v) is 11.5. The lowest BCUT2D eigenvalue weighted by Gasteiger charge is -2.18. The molecule has 31 heavy (non-hydrogen) atoms. The van der Waals surface area contributed by atoms with Gasteiger partial charge in [0.1, 0.15) is 0 Å². The van der Waals surface area contributed by atoms with Gasteiger partial charge in [0.25, 0.3) is 5.56 Å². The molecule has 0 fully saturated rings. The molecule has 0 spiro atoms. The third-order valence-corrected chi connectivity index (χ3v) is 6.29. The van der Waals surface area contributed by atoms with Gasteiger partial charge in [0.05, 0.1) is 22.3 Å². The number of rotatable bonds is 6. The summed E-state index contributed by atoms with van der Waals surface area (Å²) in [7, 11) is 1.78. The van der Waals surface area contributed by atoms with Crippen LogP contribution in [-0.4, -0.2) is 33.2 Å². The molecule has 0 saturated carbocycles. The maximum Gasteiger partial charge on any atom is 0.266 e. The summed E-state index contributed by atoms with van der Waals surface area (Å²) < 4.78 is 2.58. The number of carbonyl (C=O) groups is 1. The summed E-state index contributed by atoms with van der Waals surface area (Å²) in [6.07, 6.45) is 0. The molecule has 1 aromatic heterocycles. The number of hydrogen-bond acceptors (Lipinski definition) is 4. The van der Waals surface area contributed by atoms with Gasteiger partial charge in [0, 0.05) is 18.1 Å². The topological polar surface area (TPSA) is 55.2 Å². The van der Waals surface area contributed by atoms with Crippen molar-refractivity contribution in [2.24, 2.45) is 0 Å². The van der Waals surface area contributed by atoms with Crippen molar-refractivity contribution in [1.82, 2.24) is 14.5 Å². The summed E-state index contributed by atoms with van der Waals surface area (Å²) in [4.78, 5) is 32.3. The Morgan fingerprint density at radius 3 is 2.42 bits per heavy atom. The molecule has 7 heteroatoms. The van der Waals surface area contributed by atoms with Gasteiger partial charge < -0.3 is 4.90 Å². The number of nitrogens with zero attached hydrogens (tertiary/aromatic N) is 3. The number of halogens is 1. The largest absolute Gasteiger partial charge is 0.341 e. The van der Waals surface area contributed by atoms with Gasteiger partial charge in [-0.1, -0.05) is 70.2 Å². The molecule has 0 aliphatic rings. The number of thioether (sulfide) groups is 1. The maximum absolute atomic E-state index is 13.2. The minimum Gasteiger partial charge on any atom is -0.341 e. The predicted molar refractivity (Wildman–Crippen MR) is 129 cm³/mol. The molecule has 0 radical (unpaired) electrons. The zero-order valence-electron chi connectivity index (χ0n) is 16.9. The van der Waals surface area contributed by atoms with Crippen molar-refractivity contribution in [3.8, 4) is 5.69 Å². The number of benzene rings is 3. The third kappa shape index (κ3) is 4.89. The van der Waals surface area contributed by atoms with Crippen LogP contribution in [0.3, 0.4) is 0 Å². The summed E-state index contributed by atoms with van der Waals surface area (Å²) in [6, 6.07) is 24.5. The first-order chi connectivity index (χ1) is 15.0. The quantitative estimate of drug-likeness (QED) is 0.283. The average Bonchev–Trinajstić information content (AvgIpc) is 2.79. The Bertz CT molecular complexity index is 1270. The molecule has 3 aromatic carbocycles. The summed E-state index contributed by atoms with van der Waals surface area (Å²) in [5, 5.41) is 1.05. The molecule has 0 saturated heterocycles. The first-order valence-electron chi connectivity index (χ1n) is 9.71. The highest BCUT2D eigenvalue weighted by molar-refractivity contribution is 9.10. The number of fused-ring (bicyclic) bond motifs is 1. The molecule has 0 aliphatic carbocycles. The van der Waals surface area contributed by atoms with E-state index in [1.807, 2.05) is 72.8 Å². The Kier molecular flexibility index (Phi) is 6.53. The van der Waals surface area contributed by atoms with Crippen molar-refractivity contribution in [3.63, 3.8) is 0 Å². The van der Waals surface area contributed by atoms with E-state index in [0.29, 0.717) is 22.6 Å². The fourth-order valence-electron chi connectivity index (χ4n) is 3.20. The number of hydrogen-bond donors (Lipinski definition) is 0. The fourth-order valence-corrected chi connectivity index (χ4v) is 4.42. The summed E-state index contributed by atoms with van der Waals surface area (Å²) in [5.74, 6) is 0.153. The highest BCUT2D eigenvalue weighted by Crippen LogP contribution is 2.22. The summed E-state index contributed by atoms with van der Waals surface area (Å²) in [6.45, 7) is 0.517. The maximum atomic E-state index is 13.2. The van der Waals surface area contributed by atoms with Crippen molar-refractivity contribution in [2.45, 2.75) is 11.7 Å². The van der Waals surface area contributed by atoms with Crippen LogP contribution in [0.4, 0.5) is 0 Å². The van der Waals surface area contributed by atoms with Crippen LogP contribution in [0.2, 0.25) is 0 Å². The van der Waals surface area contributed by atoms with Crippen molar-refractivity contribution in [2.75, 3.05) is 12.8 Å². The van der Waals surface area contributed by atoms with Gasteiger partial charge in [0.2, 0.25) is 5.91 Å². The Morgan fingerprint density at radius 2 is 1.68 bits per heavy atom. The SMILES string of the molecule is CN(Cc1ccc(Br)cc1)C(=O)CSc1nc2ccccc2c(=O)n1-c1ccccc1. The Labute approximate surface area is 192 Å². The van der Waals surface area contributed by atoms with Gasteiger partial charge in [-0.05, 0) is 42.0 Å². The summed E-state index contributed by atoms with van der Waals surface area (Å²) in [5.41, 5.74) is 2.26. The standard InChI is InChI=1S/C24H20BrN3O2S/c1-27(15-17-11-13-18(25)14-12-17)22(29)16-31-24-26-21-10-6-5-9-20(21)23(30)28(24)19-7-3-2-4-8-19/h2-14H,15-16H2,1H3. The molecule has 0 aliphatic heterocycles. The molecule has 156 valence electrons. The number of amides is 1. The minimum atomic E-state index is -0.144. The van der Waals surface area contributed by atoms with Crippen LogP contribution in [-0.2, 0) is 11.3 Å². The van der Waals surface area contributed by atoms with Gasteiger partial charge in [-0.25, -0.2) is 4.98 Å².